The lowest BCUT2D eigenvalue weighted by Gasteiger charge is -1.98. The molecule has 0 aliphatic carbocycles. The zero-order chi connectivity index (χ0) is 10.6. The van der Waals surface area contributed by atoms with Crippen LogP contribution in [0.3, 0.4) is 0 Å². The number of hydrogen-bond acceptors (Lipinski definition) is 1. The quantitative estimate of drug-likeness (QED) is 0.584. The van der Waals surface area contributed by atoms with E-state index in [-0.39, 0.29) is 16.7 Å². The van der Waals surface area contributed by atoms with Crippen LogP contribution < -0.4 is 0 Å². The van der Waals surface area contributed by atoms with E-state index in [0.717, 1.165) is 6.07 Å². The number of rotatable bonds is 1. The maximum atomic E-state index is 13.0. The molecule has 0 aliphatic rings. The molecule has 0 aliphatic heterocycles. The SMILES string of the molecule is OCCC#Cc1cc(Cl)cc(F)c1Cl. The van der Waals surface area contributed by atoms with Gasteiger partial charge in [0.15, 0.2) is 0 Å². The Kier molecular flexibility index (Phi) is 4.21. The molecule has 0 spiro atoms. The standard InChI is InChI=1S/C10H7Cl2FO/c11-8-5-7(3-1-2-4-14)10(12)9(13)6-8/h5-6,14H,2,4H2. The van der Waals surface area contributed by atoms with Crippen LogP contribution in [0, 0.1) is 17.7 Å². The van der Waals surface area contributed by atoms with Gasteiger partial charge in [-0.15, -0.1) is 0 Å². The van der Waals surface area contributed by atoms with Gasteiger partial charge in [0, 0.05) is 17.0 Å². The molecule has 1 aromatic rings. The Labute approximate surface area is 91.5 Å². The van der Waals surface area contributed by atoms with Gasteiger partial charge in [-0.25, -0.2) is 4.39 Å². The van der Waals surface area contributed by atoms with Crippen LogP contribution in [-0.4, -0.2) is 11.7 Å². The van der Waals surface area contributed by atoms with E-state index < -0.39 is 5.82 Å². The lowest BCUT2D eigenvalue weighted by atomic mass is 10.2. The molecular weight excluding hydrogens is 226 g/mol. The van der Waals surface area contributed by atoms with Crippen molar-refractivity contribution in [2.75, 3.05) is 6.61 Å². The normalized spacial score (nSPS) is 9.43. The smallest absolute Gasteiger partial charge is 0.144 e. The van der Waals surface area contributed by atoms with Crippen molar-refractivity contribution in [1.82, 2.24) is 0 Å². The molecular formula is C10H7Cl2FO. The third kappa shape index (κ3) is 2.88. The van der Waals surface area contributed by atoms with E-state index in [1.807, 2.05) is 0 Å². The fourth-order valence-corrected chi connectivity index (χ4v) is 1.22. The molecule has 0 amide bonds. The molecule has 0 bridgehead atoms. The predicted octanol–water partition coefficient (Wildman–Crippen LogP) is 2.87. The second kappa shape index (κ2) is 5.21. The Balaban J connectivity index is 3.04. The first-order valence-corrected chi connectivity index (χ1v) is 4.65. The third-order valence-corrected chi connectivity index (χ3v) is 2.06. The van der Waals surface area contributed by atoms with Crippen LogP contribution in [0.2, 0.25) is 10.0 Å². The summed E-state index contributed by atoms with van der Waals surface area (Å²) >= 11 is 11.3. The van der Waals surface area contributed by atoms with E-state index >= 15 is 0 Å². The Bertz CT molecular complexity index is 393. The zero-order valence-electron chi connectivity index (χ0n) is 7.15. The van der Waals surface area contributed by atoms with Crippen molar-refractivity contribution in [3.63, 3.8) is 0 Å². The molecule has 1 nitrogen and oxygen atoms in total. The minimum Gasteiger partial charge on any atom is -0.395 e. The van der Waals surface area contributed by atoms with Crippen molar-refractivity contribution in [3.8, 4) is 11.8 Å². The molecule has 0 unspecified atom stereocenters. The van der Waals surface area contributed by atoms with Gasteiger partial charge in [0.05, 0.1) is 11.6 Å². The van der Waals surface area contributed by atoms with E-state index in [1.165, 1.54) is 6.07 Å². The summed E-state index contributed by atoms with van der Waals surface area (Å²) in [6, 6.07) is 2.61. The fraction of sp³-hybridized carbons (Fsp3) is 0.200. The topological polar surface area (TPSA) is 20.2 Å². The van der Waals surface area contributed by atoms with Crippen LogP contribution in [-0.2, 0) is 0 Å². The summed E-state index contributed by atoms with van der Waals surface area (Å²) < 4.78 is 13.0. The van der Waals surface area contributed by atoms with Crippen molar-refractivity contribution in [3.05, 3.63) is 33.6 Å². The van der Waals surface area contributed by atoms with Gasteiger partial charge in [0.25, 0.3) is 0 Å². The summed E-state index contributed by atoms with van der Waals surface area (Å²) in [5, 5.41) is 8.70. The minimum atomic E-state index is -0.590. The third-order valence-electron chi connectivity index (χ3n) is 1.45. The molecule has 1 N–H and O–H groups in total. The van der Waals surface area contributed by atoms with Gasteiger partial charge in [-0.1, -0.05) is 35.0 Å². The van der Waals surface area contributed by atoms with Gasteiger partial charge in [0.2, 0.25) is 0 Å². The van der Waals surface area contributed by atoms with E-state index in [2.05, 4.69) is 11.8 Å². The molecule has 74 valence electrons. The average molecular weight is 233 g/mol. The van der Waals surface area contributed by atoms with Crippen LogP contribution in [0.5, 0.6) is 0 Å². The lowest BCUT2D eigenvalue weighted by Crippen LogP contribution is -1.84. The van der Waals surface area contributed by atoms with E-state index in [4.69, 9.17) is 28.3 Å². The monoisotopic (exact) mass is 232 g/mol. The highest BCUT2D eigenvalue weighted by Crippen LogP contribution is 2.23. The molecule has 1 rings (SSSR count). The number of aliphatic hydroxyl groups is 1. The Hall–Kier alpha value is -0.750. The van der Waals surface area contributed by atoms with E-state index in [9.17, 15) is 4.39 Å². The molecule has 1 aromatic carbocycles. The first kappa shape index (κ1) is 11.3. The first-order chi connectivity index (χ1) is 6.65. The van der Waals surface area contributed by atoms with Gasteiger partial charge in [-0.2, -0.15) is 0 Å². The van der Waals surface area contributed by atoms with E-state index in [1.54, 1.807) is 0 Å². The van der Waals surface area contributed by atoms with Gasteiger partial charge in [0.1, 0.15) is 5.82 Å². The fourth-order valence-electron chi connectivity index (χ4n) is 0.861. The van der Waals surface area contributed by atoms with Crippen molar-refractivity contribution >= 4 is 23.2 Å². The number of aliphatic hydroxyl groups excluding tert-OH is 1. The Morgan fingerprint density at radius 2 is 2.07 bits per heavy atom. The number of benzene rings is 1. The number of hydrogen-bond donors (Lipinski definition) is 1. The highest BCUT2D eigenvalue weighted by molar-refractivity contribution is 6.34. The summed E-state index contributed by atoms with van der Waals surface area (Å²) in [7, 11) is 0. The van der Waals surface area contributed by atoms with E-state index in [0.29, 0.717) is 12.0 Å². The molecule has 0 saturated heterocycles. The summed E-state index contributed by atoms with van der Waals surface area (Å²) in [4.78, 5) is 0. The summed E-state index contributed by atoms with van der Waals surface area (Å²) in [5.74, 6) is 4.68. The zero-order valence-corrected chi connectivity index (χ0v) is 8.66. The maximum absolute atomic E-state index is 13.0. The second-order valence-corrected chi connectivity index (χ2v) is 3.34. The first-order valence-electron chi connectivity index (χ1n) is 3.89. The molecule has 4 heteroatoms. The van der Waals surface area contributed by atoms with Crippen LogP contribution in [0.25, 0.3) is 0 Å². The molecule has 0 aromatic heterocycles. The molecule has 14 heavy (non-hydrogen) atoms. The molecule has 0 saturated carbocycles. The van der Waals surface area contributed by atoms with Crippen LogP contribution in [0.1, 0.15) is 12.0 Å². The average Bonchev–Trinajstić information content (AvgIpc) is 2.13. The number of halogens is 3. The highest BCUT2D eigenvalue weighted by atomic mass is 35.5. The van der Waals surface area contributed by atoms with Gasteiger partial charge in [-0.3, -0.25) is 0 Å². The van der Waals surface area contributed by atoms with Crippen molar-refractivity contribution in [2.45, 2.75) is 6.42 Å². The van der Waals surface area contributed by atoms with Crippen LogP contribution >= 0.6 is 23.2 Å². The van der Waals surface area contributed by atoms with Crippen LogP contribution in [0.4, 0.5) is 4.39 Å². The second-order valence-electron chi connectivity index (χ2n) is 2.52. The lowest BCUT2D eigenvalue weighted by molar-refractivity contribution is 0.305. The van der Waals surface area contributed by atoms with Crippen molar-refractivity contribution in [1.29, 1.82) is 0 Å². The Morgan fingerprint density at radius 1 is 1.36 bits per heavy atom. The largest absolute Gasteiger partial charge is 0.395 e. The summed E-state index contributed by atoms with van der Waals surface area (Å²) in [5.41, 5.74) is 0.338. The molecule has 0 fully saturated rings. The summed E-state index contributed by atoms with van der Waals surface area (Å²) in [6.45, 7) is -0.0341. The Morgan fingerprint density at radius 3 is 2.71 bits per heavy atom. The summed E-state index contributed by atoms with van der Waals surface area (Å²) in [6.07, 6.45) is 0.324. The molecule has 0 atom stereocenters. The maximum Gasteiger partial charge on any atom is 0.144 e. The van der Waals surface area contributed by atoms with Gasteiger partial charge >= 0.3 is 0 Å². The minimum absolute atomic E-state index is 0.0341. The van der Waals surface area contributed by atoms with Gasteiger partial charge in [-0.05, 0) is 12.1 Å². The highest BCUT2D eigenvalue weighted by Gasteiger charge is 2.05. The van der Waals surface area contributed by atoms with Crippen molar-refractivity contribution in [2.24, 2.45) is 0 Å². The van der Waals surface area contributed by atoms with Crippen molar-refractivity contribution < 1.29 is 9.50 Å². The molecule has 0 radical (unpaired) electrons. The predicted molar refractivity (Wildman–Crippen MR) is 55.0 cm³/mol. The molecule has 0 heterocycles. The van der Waals surface area contributed by atoms with Gasteiger partial charge < -0.3 is 5.11 Å². The van der Waals surface area contributed by atoms with Crippen LogP contribution in [0.15, 0.2) is 12.1 Å².